The summed E-state index contributed by atoms with van der Waals surface area (Å²) in [6.45, 7) is 1.67. The van der Waals surface area contributed by atoms with Gasteiger partial charge >= 0.3 is 0 Å². The largest absolute Gasteiger partial charge is 0.389 e. The number of carbonyl (C=O) groups excluding carboxylic acids is 1. The molecule has 21 heavy (non-hydrogen) atoms. The standard InChI is InChI=1S/C16H15N3O2/c1-10(20)13-4-2-3-5-15(13)18-16(21)11-6-7-14-12(8-11)9-17-19-14/h2-10,20H,1H3,(H,17,19)(H,18,21). The highest BCUT2D eigenvalue weighted by Gasteiger charge is 2.12. The molecular weight excluding hydrogens is 266 g/mol. The molecule has 0 spiro atoms. The Balaban J connectivity index is 1.89. The molecule has 3 aromatic rings. The number of aliphatic hydroxyl groups is 1. The van der Waals surface area contributed by atoms with Gasteiger partial charge in [0.2, 0.25) is 0 Å². The third kappa shape index (κ3) is 2.64. The van der Waals surface area contributed by atoms with E-state index >= 15 is 0 Å². The second kappa shape index (κ2) is 5.38. The van der Waals surface area contributed by atoms with Crippen LogP contribution >= 0.6 is 0 Å². The van der Waals surface area contributed by atoms with Crippen LogP contribution in [-0.4, -0.2) is 21.2 Å². The maximum atomic E-state index is 12.3. The van der Waals surface area contributed by atoms with Crippen molar-refractivity contribution in [1.82, 2.24) is 10.2 Å². The van der Waals surface area contributed by atoms with E-state index in [9.17, 15) is 9.90 Å². The van der Waals surface area contributed by atoms with Crippen molar-refractivity contribution < 1.29 is 9.90 Å². The minimum absolute atomic E-state index is 0.216. The zero-order chi connectivity index (χ0) is 14.8. The molecule has 0 bridgehead atoms. The molecule has 1 aromatic heterocycles. The van der Waals surface area contributed by atoms with Crippen molar-refractivity contribution in [2.24, 2.45) is 0 Å². The molecule has 0 aliphatic carbocycles. The lowest BCUT2D eigenvalue weighted by Crippen LogP contribution is -2.13. The summed E-state index contributed by atoms with van der Waals surface area (Å²) in [4.78, 5) is 12.3. The van der Waals surface area contributed by atoms with Gasteiger partial charge in [-0.2, -0.15) is 5.10 Å². The van der Waals surface area contributed by atoms with Crippen molar-refractivity contribution in [3.8, 4) is 0 Å². The number of amides is 1. The van der Waals surface area contributed by atoms with E-state index in [4.69, 9.17) is 0 Å². The quantitative estimate of drug-likeness (QED) is 0.690. The highest BCUT2D eigenvalue weighted by molar-refractivity contribution is 6.06. The lowest BCUT2D eigenvalue weighted by molar-refractivity contribution is 0.102. The van der Waals surface area contributed by atoms with Crippen LogP contribution in [0.3, 0.4) is 0 Å². The van der Waals surface area contributed by atoms with E-state index in [1.54, 1.807) is 37.4 Å². The smallest absolute Gasteiger partial charge is 0.255 e. The third-order valence-electron chi connectivity index (χ3n) is 3.36. The van der Waals surface area contributed by atoms with Crippen LogP contribution in [0.2, 0.25) is 0 Å². The predicted octanol–water partition coefficient (Wildman–Crippen LogP) is 2.87. The van der Waals surface area contributed by atoms with Gasteiger partial charge < -0.3 is 10.4 Å². The number of benzene rings is 2. The lowest BCUT2D eigenvalue weighted by atomic mass is 10.1. The number of nitrogens with zero attached hydrogens (tertiary/aromatic N) is 1. The zero-order valence-corrected chi connectivity index (χ0v) is 11.5. The van der Waals surface area contributed by atoms with Crippen molar-refractivity contribution in [3.05, 3.63) is 59.8 Å². The van der Waals surface area contributed by atoms with Gasteiger partial charge in [0.15, 0.2) is 0 Å². The first kappa shape index (κ1) is 13.3. The summed E-state index contributed by atoms with van der Waals surface area (Å²) in [5, 5.41) is 20.2. The molecule has 1 heterocycles. The number of rotatable bonds is 3. The average molecular weight is 281 g/mol. The second-order valence-electron chi connectivity index (χ2n) is 4.89. The van der Waals surface area contributed by atoms with Gasteiger partial charge in [-0.25, -0.2) is 0 Å². The molecule has 3 rings (SSSR count). The summed E-state index contributed by atoms with van der Waals surface area (Å²) in [5.41, 5.74) is 2.74. The highest BCUT2D eigenvalue weighted by atomic mass is 16.3. The lowest BCUT2D eigenvalue weighted by Gasteiger charge is -2.13. The Bertz CT molecular complexity index is 793. The minimum atomic E-state index is -0.641. The minimum Gasteiger partial charge on any atom is -0.389 e. The summed E-state index contributed by atoms with van der Waals surface area (Å²) in [6.07, 6.45) is 1.04. The molecule has 1 unspecified atom stereocenters. The van der Waals surface area contributed by atoms with Crippen LogP contribution in [0.1, 0.15) is 28.9 Å². The number of anilines is 1. The van der Waals surface area contributed by atoms with E-state index in [1.807, 2.05) is 18.2 Å². The van der Waals surface area contributed by atoms with Crippen molar-refractivity contribution >= 4 is 22.5 Å². The van der Waals surface area contributed by atoms with Gasteiger partial charge in [0.1, 0.15) is 0 Å². The Morgan fingerprint density at radius 3 is 2.90 bits per heavy atom. The van der Waals surface area contributed by atoms with Gasteiger partial charge in [0.25, 0.3) is 5.91 Å². The van der Waals surface area contributed by atoms with E-state index in [1.165, 1.54) is 0 Å². The third-order valence-corrected chi connectivity index (χ3v) is 3.36. The molecule has 0 aliphatic heterocycles. The van der Waals surface area contributed by atoms with Crippen molar-refractivity contribution in [1.29, 1.82) is 0 Å². The van der Waals surface area contributed by atoms with Crippen LogP contribution in [0.15, 0.2) is 48.7 Å². The molecule has 3 N–H and O–H groups in total. The molecule has 2 aromatic carbocycles. The molecule has 0 saturated heterocycles. The van der Waals surface area contributed by atoms with Crippen LogP contribution in [0.4, 0.5) is 5.69 Å². The summed E-state index contributed by atoms with van der Waals surface area (Å²) < 4.78 is 0. The van der Waals surface area contributed by atoms with Gasteiger partial charge in [-0.1, -0.05) is 18.2 Å². The van der Waals surface area contributed by atoms with Gasteiger partial charge in [-0.05, 0) is 31.2 Å². The Kier molecular flexibility index (Phi) is 3.41. The number of aromatic amines is 1. The molecule has 5 heteroatoms. The molecule has 0 aliphatic rings. The molecule has 106 valence electrons. The molecule has 0 radical (unpaired) electrons. The monoisotopic (exact) mass is 281 g/mol. The maximum Gasteiger partial charge on any atom is 0.255 e. The van der Waals surface area contributed by atoms with E-state index in [2.05, 4.69) is 15.5 Å². The van der Waals surface area contributed by atoms with E-state index in [0.717, 1.165) is 10.9 Å². The molecule has 0 saturated carbocycles. The maximum absolute atomic E-state index is 12.3. The normalized spacial score (nSPS) is 12.3. The summed E-state index contributed by atoms with van der Waals surface area (Å²) >= 11 is 0. The van der Waals surface area contributed by atoms with E-state index in [0.29, 0.717) is 16.8 Å². The average Bonchev–Trinajstić information content (AvgIpc) is 2.94. The fourth-order valence-electron chi connectivity index (χ4n) is 2.25. The summed E-state index contributed by atoms with van der Waals surface area (Å²) in [6, 6.07) is 12.5. The predicted molar refractivity (Wildman–Crippen MR) is 81.1 cm³/mol. The van der Waals surface area contributed by atoms with Crippen LogP contribution in [0.25, 0.3) is 10.9 Å². The molecule has 1 atom stereocenters. The molecule has 5 nitrogen and oxygen atoms in total. The number of carbonyl (C=O) groups is 1. The Labute approximate surface area is 121 Å². The van der Waals surface area contributed by atoms with Crippen molar-refractivity contribution in [2.75, 3.05) is 5.32 Å². The first-order chi connectivity index (χ1) is 10.1. The van der Waals surface area contributed by atoms with Crippen molar-refractivity contribution in [3.63, 3.8) is 0 Å². The van der Waals surface area contributed by atoms with Crippen LogP contribution in [0, 0.1) is 0 Å². The summed E-state index contributed by atoms with van der Waals surface area (Å²) in [7, 11) is 0. The zero-order valence-electron chi connectivity index (χ0n) is 11.5. The number of para-hydroxylation sites is 1. The molecule has 1 amide bonds. The first-order valence-electron chi connectivity index (χ1n) is 6.66. The Hall–Kier alpha value is -2.66. The van der Waals surface area contributed by atoms with Crippen LogP contribution in [-0.2, 0) is 0 Å². The highest BCUT2D eigenvalue weighted by Crippen LogP contribution is 2.23. The van der Waals surface area contributed by atoms with Gasteiger partial charge in [0, 0.05) is 22.2 Å². The first-order valence-corrected chi connectivity index (χ1v) is 6.66. The second-order valence-corrected chi connectivity index (χ2v) is 4.89. The van der Waals surface area contributed by atoms with Crippen LogP contribution in [0.5, 0.6) is 0 Å². The number of aromatic nitrogens is 2. The fraction of sp³-hybridized carbons (Fsp3) is 0.125. The van der Waals surface area contributed by atoms with Crippen molar-refractivity contribution in [2.45, 2.75) is 13.0 Å². The molecular formula is C16H15N3O2. The number of hydrogen-bond donors (Lipinski definition) is 3. The summed E-state index contributed by atoms with van der Waals surface area (Å²) in [5.74, 6) is -0.216. The van der Waals surface area contributed by atoms with Gasteiger partial charge in [-0.15, -0.1) is 0 Å². The van der Waals surface area contributed by atoms with Gasteiger partial charge in [0.05, 0.1) is 17.8 Å². The Morgan fingerprint density at radius 1 is 1.29 bits per heavy atom. The van der Waals surface area contributed by atoms with Crippen LogP contribution < -0.4 is 5.32 Å². The topological polar surface area (TPSA) is 78.0 Å². The molecule has 0 fully saturated rings. The van der Waals surface area contributed by atoms with E-state index in [-0.39, 0.29) is 5.91 Å². The number of aliphatic hydroxyl groups excluding tert-OH is 1. The number of H-pyrrole nitrogens is 1. The SMILES string of the molecule is CC(O)c1ccccc1NC(=O)c1ccc2[nH]ncc2c1. The number of hydrogen-bond acceptors (Lipinski definition) is 3. The number of fused-ring (bicyclic) bond motifs is 1. The van der Waals surface area contributed by atoms with Gasteiger partial charge in [-0.3, -0.25) is 9.89 Å². The Morgan fingerprint density at radius 2 is 2.10 bits per heavy atom. The van der Waals surface area contributed by atoms with E-state index < -0.39 is 6.10 Å². The number of nitrogens with one attached hydrogen (secondary N) is 2. The fourth-order valence-corrected chi connectivity index (χ4v) is 2.25.